The molecule has 1 amide bonds. The molecule has 2 aromatic rings. The summed E-state index contributed by atoms with van der Waals surface area (Å²) in [5, 5.41) is 2.71. The molecular weight excluding hydrogens is 330 g/mol. The van der Waals surface area contributed by atoms with Gasteiger partial charge in [0.15, 0.2) is 12.4 Å². The minimum atomic E-state index is -0.486. The lowest BCUT2D eigenvalue weighted by Gasteiger charge is -2.07. The molecule has 1 aliphatic carbocycles. The second-order valence-electron chi connectivity index (χ2n) is 6.32. The summed E-state index contributed by atoms with van der Waals surface area (Å²) in [6, 6.07) is 12.1. The summed E-state index contributed by atoms with van der Waals surface area (Å²) in [7, 11) is 0. The van der Waals surface area contributed by atoms with E-state index in [-0.39, 0.29) is 18.3 Å². The van der Waals surface area contributed by atoms with Gasteiger partial charge in [-0.15, -0.1) is 0 Å². The van der Waals surface area contributed by atoms with Crippen LogP contribution in [0.15, 0.2) is 42.5 Å². The highest BCUT2D eigenvalue weighted by molar-refractivity contribution is 6.00. The molecule has 5 nitrogen and oxygen atoms in total. The van der Waals surface area contributed by atoms with E-state index in [4.69, 9.17) is 4.74 Å². The molecule has 0 aliphatic heterocycles. The molecule has 0 saturated heterocycles. The van der Waals surface area contributed by atoms with Crippen molar-refractivity contribution in [3.8, 4) is 0 Å². The predicted molar refractivity (Wildman–Crippen MR) is 98.4 cm³/mol. The Balaban J connectivity index is 1.56. The van der Waals surface area contributed by atoms with Crippen molar-refractivity contribution in [2.24, 2.45) is 0 Å². The van der Waals surface area contributed by atoms with Crippen LogP contribution in [0.5, 0.6) is 0 Å². The fourth-order valence-electron chi connectivity index (χ4n) is 2.99. The van der Waals surface area contributed by atoms with E-state index in [2.05, 4.69) is 5.32 Å². The standard InChI is InChI=1S/C21H21NO4/c1-2-20(24)22-18-10-8-15(9-11-18)19(23)13-26-21(25)17-7-6-14-4-3-5-16(14)12-17/h6-12H,2-5,13H2,1H3,(H,22,24). The number of hydrogen-bond donors (Lipinski definition) is 1. The number of carbonyl (C=O) groups is 3. The van der Waals surface area contributed by atoms with Crippen LogP contribution in [-0.2, 0) is 22.4 Å². The van der Waals surface area contributed by atoms with E-state index in [0.717, 1.165) is 19.3 Å². The van der Waals surface area contributed by atoms with E-state index < -0.39 is 5.97 Å². The van der Waals surface area contributed by atoms with Crippen molar-refractivity contribution in [1.29, 1.82) is 0 Å². The molecule has 2 aromatic carbocycles. The predicted octanol–water partition coefficient (Wildman–Crippen LogP) is 3.56. The Labute approximate surface area is 152 Å². The number of hydrogen-bond acceptors (Lipinski definition) is 4. The SMILES string of the molecule is CCC(=O)Nc1ccc(C(=O)COC(=O)c2ccc3c(c2)CCC3)cc1. The average Bonchev–Trinajstić information content (AvgIpc) is 3.14. The number of ketones is 1. The number of anilines is 1. The van der Waals surface area contributed by atoms with E-state index in [0.29, 0.717) is 23.2 Å². The summed E-state index contributed by atoms with van der Waals surface area (Å²) < 4.78 is 5.16. The van der Waals surface area contributed by atoms with E-state index in [1.807, 2.05) is 12.1 Å². The van der Waals surface area contributed by atoms with Gasteiger partial charge in [0.05, 0.1) is 5.56 Å². The molecule has 0 spiro atoms. The molecule has 1 N–H and O–H groups in total. The number of rotatable bonds is 6. The first-order valence-corrected chi connectivity index (χ1v) is 8.79. The molecule has 0 radical (unpaired) electrons. The number of carbonyl (C=O) groups excluding carboxylic acids is 3. The van der Waals surface area contributed by atoms with Gasteiger partial charge < -0.3 is 10.1 Å². The second kappa shape index (κ2) is 7.95. The van der Waals surface area contributed by atoms with Gasteiger partial charge in [0.1, 0.15) is 0 Å². The molecule has 0 heterocycles. The Hall–Kier alpha value is -2.95. The highest BCUT2D eigenvalue weighted by Crippen LogP contribution is 2.23. The van der Waals surface area contributed by atoms with Crippen LogP contribution in [0.2, 0.25) is 0 Å². The maximum absolute atomic E-state index is 12.2. The van der Waals surface area contributed by atoms with Crippen molar-refractivity contribution in [2.45, 2.75) is 32.6 Å². The van der Waals surface area contributed by atoms with Gasteiger partial charge in [0.25, 0.3) is 0 Å². The highest BCUT2D eigenvalue weighted by Gasteiger charge is 2.16. The van der Waals surface area contributed by atoms with E-state index in [9.17, 15) is 14.4 Å². The zero-order chi connectivity index (χ0) is 18.5. The second-order valence-corrected chi connectivity index (χ2v) is 6.32. The lowest BCUT2D eigenvalue weighted by atomic mass is 10.1. The highest BCUT2D eigenvalue weighted by atomic mass is 16.5. The van der Waals surface area contributed by atoms with Crippen molar-refractivity contribution in [1.82, 2.24) is 0 Å². The zero-order valence-electron chi connectivity index (χ0n) is 14.7. The minimum absolute atomic E-state index is 0.0904. The normalized spacial score (nSPS) is 12.3. The third kappa shape index (κ3) is 4.17. The van der Waals surface area contributed by atoms with Crippen LogP contribution >= 0.6 is 0 Å². The summed E-state index contributed by atoms with van der Waals surface area (Å²) in [5.74, 6) is -0.861. The van der Waals surface area contributed by atoms with Crippen molar-refractivity contribution in [3.63, 3.8) is 0 Å². The van der Waals surface area contributed by atoms with Gasteiger partial charge in [0, 0.05) is 17.7 Å². The average molecular weight is 351 g/mol. The molecule has 134 valence electrons. The Kier molecular flexibility index (Phi) is 5.46. The lowest BCUT2D eigenvalue weighted by molar-refractivity contribution is -0.115. The van der Waals surface area contributed by atoms with Crippen LogP contribution in [0.4, 0.5) is 5.69 Å². The molecular formula is C21H21NO4. The Bertz CT molecular complexity index is 840. The quantitative estimate of drug-likeness (QED) is 0.638. The summed E-state index contributed by atoms with van der Waals surface area (Å²) in [6.45, 7) is 1.46. The molecule has 0 atom stereocenters. The number of fused-ring (bicyclic) bond motifs is 1. The summed E-state index contributed by atoms with van der Waals surface area (Å²) >= 11 is 0. The van der Waals surface area contributed by atoms with Gasteiger partial charge in [-0.3, -0.25) is 9.59 Å². The zero-order valence-corrected chi connectivity index (χ0v) is 14.7. The van der Waals surface area contributed by atoms with Crippen LogP contribution < -0.4 is 5.32 Å². The van der Waals surface area contributed by atoms with Crippen LogP contribution in [0.1, 0.15) is 51.6 Å². The van der Waals surface area contributed by atoms with E-state index >= 15 is 0 Å². The molecule has 0 aromatic heterocycles. The summed E-state index contributed by atoms with van der Waals surface area (Å²) in [5.41, 5.74) is 4.02. The molecule has 26 heavy (non-hydrogen) atoms. The summed E-state index contributed by atoms with van der Waals surface area (Å²) in [4.78, 5) is 35.7. The van der Waals surface area contributed by atoms with Crippen LogP contribution in [0, 0.1) is 0 Å². The fourth-order valence-corrected chi connectivity index (χ4v) is 2.99. The Morgan fingerprint density at radius 1 is 0.962 bits per heavy atom. The molecule has 0 fully saturated rings. The number of esters is 1. The molecule has 0 saturated carbocycles. The maximum atomic E-state index is 12.2. The van der Waals surface area contributed by atoms with Gasteiger partial charge in [-0.05, 0) is 66.8 Å². The Morgan fingerprint density at radius 3 is 2.38 bits per heavy atom. The monoisotopic (exact) mass is 351 g/mol. The van der Waals surface area contributed by atoms with Crippen molar-refractivity contribution >= 4 is 23.3 Å². The molecule has 3 rings (SSSR count). The van der Waals surface area contributed by atoms with E-state index in [1.54, 1.807) is 37.3 Å². The molecule has 5 heteroatoms. The van der Waals surface area contributed by atoms with Gasteiger partial charge in [-0.1, -0.05) is 13.0 Å². The lowest BCUT2D eigenvalue weighted by Crippen LogP contribution is -2.15. The summed E-state index contributed by atoms with van der Waals surface area (Å²) in [6.07, 6.45) is 3.54. The first-order chi connectivity index (χ1) is 12.6. The van der Waals surface area contributed by atoms with Crippen molar-refractivity contribution in [3.05, 3.63) is 64.7 Å². The van der Waals surface area contributed by atoms with Gasteiger partial charge in [0.2, 0.25) is 5.91 Å². The molecule has 1 aliphatic rings. The number of ether oxygens (including phenoxy) is 1. The number of amides is 1. The third-order valence-corrected chi connectivity index (χ3v) is 4.48. The van der Waals surface area contributed by atoms with Gasteiger partial charge >= 0.3 is 5.97 Å². The smallest absolute Gasteiger partial charge is 0.338 e. The Morgan fingerprint density at radius 2 is 1.65 bits per heavy atom. The van der Waals surface area contributed by atoms with Gasteiger partial charge in [-0.25, -0.2) is 4.79 Å². The molecule has 0 bridgehead atoms. The van der Waals surface area contributed by atoms with Crippen LogP contribution in [-0.4, -0.2) is 24.3 Å². The first-order valence-electron chi connectivity index (χ1n) is 8.79. The minimum Gasteiger partial charge on any atom is -0.454 e. The number of benzene rings is 2. The van der Waals surface area contributed by atoms with E-state index in [1.165, 1.54) is 11.1 Å². The maximum Gasteiger partial charge on any atom is 0.338 e. The van der Waals surface area contributed by atoms with Crippen molar-refractivity contribution < 1.29 is 19.1 Å². The first kappa shape index (κ1) is 17.9. The fraction of sp³-hybridized carbons (Fsp3) is 0.286. The topological polar surface area (TPSA) is 72.5 Å². The largest absolute Gasteiger partial charge is 0.454 e. The number of Topliss-reactive ketones (excluding diaryl/α,β-unsaturated/α-hetero) is 1. The number of aryl methyl sites for hydroxylation is 2. The van der Waals surface area contributed by atoms with Gasteiger partial charge in [-0.2, -0.15) is 0 Å². The van der Waals surface area contributed by atoms with Crippen LogP contribution in [0.3, 0.4) is 0 Å². The van der Waals surface area contributed by atoms with Crippen molar-refractivity contribution in [2.75, 3.05) is 11.9 Å². The third-order valence-electron chi connectivity index (χ3n) is 4.48. The number of nitrogens with one attached hydrogen (secondary N) is 1. The molecule has 0 unspecified atom stereocenters. The van der Waals surface area contributed by atoms with Crippen LogP contribution in [0.25, 0.3) is 0 Å².